The van der Waals surface area contributed by atoms with Gasteiger partial charge >= 0.3 is 0 Å². The Morgan fingerprint density at radius 2 is 2.27 bits per heavy atom. The first-order chi connectivity index (χ1) is 5.06. The van der Waals surface area contributed by atoms with Gasteiger partial charge in [-0.15, -0.1) is 11.3 Å². The van der Waals surface area contributed by atoms with Crippen molar-refractivity contribution >= 4 is 22.9 Å². The highest BCUT2D eigenvalue weighted by molar-refractivity contribution is 7.16. The second kappa shape index (κ2) is 3.13. The van der Waals surface area contributed by atoms with Crippen LogP contribution in [-0.2, 0) is 5.60 Å². The van der Waals surface area contributed by atoms with Gasteiger partial charge in [0.15, 0.2) is 0 Å². The molecule has 0 aromatic carbocycles. The Morgan fingerprint density at radius 1 is 1.64 bits per heavy atom. The molecule has 3 heteroatoms. The van der Waals surface area contributed by atoms with Crippen LogP contribution in [0.2, 0.25) is 4.34 Å². The van der Waals surface area contributed by atoms with Gasteiger partial charge in [-0.2, -0.15) is 0 Å². The van der Waals surface area contributed by atoms with Crippen molar-refractivity contribution in [2.45, 2.75) is 25.9 Å². The molecule has 0 spiro atoms. The summed E-state index contributed by atoms with van der Waals surface area (Å²) in [5.41, 5.74) is -0.711. The molecule has 1 aromatic heterocycles. The summed E-state index contributed by atoms with van der Waals surface area (Å²) in [5, 5.41) is 9.76. The van der Waals surface area contributed by atoms with Crippen molar-refractivity contribution in [3.05, 3.63) is 21.3 Å². The van der Waals surface area contributed by atoms with E-state index in [1.165, 1.54) is 11.3 Å². The Balaban J connectivity index is 2.92. The van der Waals surface area contributed by atoms with E-state index in [1.54, 1.807) is 6.92 Å². The van der Waals surface area contributed by atoms with Crippen LogP contribution in [0.15, 0.2) is 12.1 Å². The smallest absolute Gasteiger partial charge is 0.0957 e. The summed E-state index contributed by atoms with van der Waals surface area (Å²) in [4.78, 5) is 0.935. The maximum Gasteiger partial charge on any atom is 0.0957 e. The zero-order valence-electron chi connectivity index (χ0n) is 6.60. The van der Waals surface area contributed by atoms with E-state index in [9.17, 15) is 5.11 Å². The molecule has 1 aromatic rings. The highest BCUT2D eigenvalue weighted by Crippen LogP contribution is 2.32. The summed E-state index contributed by atoms with van der Waals surface area (Å²) >= 11 is 7.17. The van der Waals surface area contributed by atoms with Crippen LogP contribution in [0.3, 0.4) is 0 Å². The highest BCUT2D eigenvalue weighted by Gasteiger charge is 2.21. The first kappa shape index (κ1) is 9.04. The zero-order chi connectivity index (χ0) is 8.48. The average molecular weight is 191 g/mol. The maximum atomic E-state index is 9.76. The minimum Gasteiger partial charge on any atom is -0.385 e. The van der Waals surface area contributed by atoms with Gasteiger partial charge in [0.05, 0.1) is 9.94 Å². The van der Waals surface area contributed by atoms with E-state index in [0.717, 1.165) is 9.21 Å². The molecular formula is C8H11ClOS. The van der Waals surface area contributed by atoms with Crippen molar-refractivity contribution in [3.8, 4) is 0 Å². The fourth-order valence-electron chi connectivity index (χ4n) is 0.778. The van der Waals surface area contributed by atoms with Gasteiger partial charge in [0.2, 0.25) is 0 Å². The molecule has 0 aliphatic carbocycles. The first-order valence-electron chi connectivity index (χ1n) is 3.54. The minimum atomic E-state index is -0.711. The number of thiophene rings is 1. The molecule has 0 saturated carbocycles. The number of halogens is 1. The lowest BCUT2D eigenvalue weighted by molar-refractivity contribution is 0.0569. The largest absolute Gasteiger partial charge is 0.385 e. The maximum absolute atomic E-state index is 9.76. The molecular weight excluding hydrogens is 180 g/mol. The second-order valence-corrected chi connectivity index (χ2v) is 4.45. The minimum absolute atomic E-state index is 0.711. The molecule has 0 aliphatic heterocycles. The molecule has 0 radical (unpaired) electrons. The normalized spacial score (nSPS) is 16.4. The van der Waals surface area contributed by atoms with Crippen molar-refractivity contribution < 1.29 is 5.11 Å². The number of rotatable bonds is 2. The van der Waals surface area contributed by atoms with Crippen LogP contribution in [-0.4, -0.2) is 5.11 Å². The molecule has 0 unspecified atom stereocenters. The average Bonchev–Trinajstić information content (AvgIpc) is 2.36. The van der Waals surface area contributed by atoms with Gasteiger partial charge in [0.1, 0.15) is 0 Å². The predicted molar refractivity (Wildman–Crippen MR) is 49.2 cm³/mol. The lowest BCUT2D eigenvalue weighted by atomic mass is 10.0. The van der Waals surface area contributed by atoms with Crippen molar-refractivity contribution in [2.75, 3.05) is 0 Å². The van der Waals surface area contributed by atoms with Crippen LogP contribution >= 0.6 is 22.9 Å². The summed E-state index contributed by atoms with van der Waals surface area (Å²) in [6.45, 7) is 3.75. The molecule has 0 fully saturated rings. The topological polar surface area (TPSA) is 20.2 Å². The Bertz CT molecular complexity index is 242. The van der Waals surface area contributed by atoms with Crippen LogP contribution in [0.5, 0.6) is 0 Å². The van der Waals surface area contributed by atoms with Crippen LogP contribution in [0, 0.1) is 0 Å². The van der Waals surface area contributed by atoms with Gasteiger partial charge in [-0.1, -0.05) is 18.5 Å². The molecule has 0 amide bonds. The fraction of sp³-hybridized carbons (Fsp3) is 0.500. The Labute approximate surface area is 75.6 Å². The lowest BCUT2D eigenvalue weighted by Crippen LogP contribution is -2.17. The van der Waals surface area contributed by atoms with Gasteiger partial charge < -0.3 is 5.11 Å². The van der Waals surface area contributed by atoms with Gasteiger partial charge in [-0.05, 0) is 25.5 Å². The van der Waals surface area contributed by atoms with E-state index in [-0.39, 0.29) is 0 Å². The Kier molecular flexibility index (Phi) is 2.58. The SMILES string of the molecule is CC[C@](C)(O)c1ccc(Cl)s1. The quantitative estimate of drug-likeness (QED) is 0.760. The second-order valence-electron chi connectivity index (χ2n) is 2.73. The standard InChI is InChI=1S/C8H11ClOS/c1-3-8(2,10)6-4-5-7(9)11-6/h4-5,10H,3H2,1-2H3/t8-/m0/s1. The van der Waals surface area contributed by atoms with Gasteiger partial charge in [-0.3, -0.25) is 0 Å². The van der Waals surface area contributed by atoms with E-state index < -0.39 is 5.60 Å². The van der Waals surface area contributed by atoms with E-state index >= 15 is 0 Å². The van der Waals surface area contributed by atoms with Crippen LogP contribution < -0.4 is 0 Å². The van der Waals surface area contributed by atoms with Crippen LogP contribution in [0.25, 0.3) is 0 Å². The van der Waals surface area contributed by atoms with E-state index in [0.29, 0.717) is 6.42 Å². The molecule has 11 heavy (non-hydrogen) atoms. The summed E-state index contributed by atoms with van der Waals surface area (Å²) < 4.78 is 0.730. The van der Waals surface area contributed by atoms with E-state index in [4.69, 9.17) is 11.6 Å². The van der Waals surface area contributed by atoms with Crippen LogP contribution in [0.1, 0.15) is 25.1 Å². The molecule has 62 valence electrons. The van der Waals surface area contributed by atoms with Gasteiger partial charge in [0, 0.05) is 4.88 Å². The van der Waals surface area contributed by atoms with Crippen molar-refractivity contribution in [1.29, 1.82) is 0 Å². The van der Waals surface area contributed by atoms with Crippen molar-refractivity contribution in [2.24, 2.45) is 0 Å². The summed E-state index contributed by atoms with van der Waals surface area (Å²) in [7, 11) is 0. The monoisotopic (exact) mass is 190 g/mol. The molecule has 1 atom stereocenters. The highest BCUT2D eigenvalue weighted by atomic mass is 35.5. The van der Waals surface area contributed by atoms with Gasteiger partial charge in [-0.25, -0.2) is 0 Å². The van der Waals surface area contributed by atoms with E-state index in [1.807, 2.05) is 19.1 Å². The lowest BCUT2D eigenvalue weighted by Gasteiger charge is -2.18. The third kappa shape index (κ3) is 1.95. The summed E-state index contributed by atoms with van der Waals surface area (Å²) in [5.74, 6) is 0. The molecule has 0 bridgehead atoms. The molecule has 1 nitrogen and oxygen atoms in total. The molecule has 1 rings (SSSR count). The third-order valence-electron chi connectivity index (χ3n) is 1.79. The molecule has 1 N–H and O–H groups in total. The van der Waals surface area contributed by atoms with Crippen LogP contribution in [0.4, 0.5) is 0 Å². The fourth-order valence-corrected chi connectivity index (χ4v) is 1.94. The molecule has 0 aliphatic rings. The Hall–Kier alpha value is -0.0500. The number of hydrogen-bond donors (Lipinski definition) is 1. The van der Waals surface area contributed by atoms with Crippen molar-refractivity contribution in [3.63, 3.8) is 0 Å². The molecule has 1 heterocycles. The summed E-state index contributed by atoms with van der Waals surface area (Å²) in [6.07, 6.45) is 0.712. The number of aliphatic hydroxyl groups is 1. The predicted octanol–water partition coefficient (Wildman–Crippen LogP) is 3.02. The first-order valence-corrected chi connectivity index (χ1v) is 4.74. The third-order valence-corrected chi connectivity index (χ3v) is 3.28. The summed E-state index contributed by atoms with van der Waals surface area (Å²) in [6, 6.07) is 3.68. The van der Waals surface area contributed by atoms with Crippen molar-refractivity contribution in [1.82, 2.24) is 0 Å². The number of hydrogen-bond acceptors (Lipinski definition) is 2. The Morgan fingerprint density at radius 3 is 2.64 bits per heavy atom. The van der Waals surface area contributed by atoms with Gasteiger partial charge in [0.25, 0.3) is 0 Å². The molecule has 0 saturated heterocycles. The van der Waals surface area contributed by atoms with E-state index in [2.05, 4.69) is 0 Å². The zero-order valence-corrected chi connectivity index (χ0v) is 8.17.